The van der Waals surface area contributed by atoms with Crippen molar-refractivity contribution in [2.45, 2.75) is 83.3 Å². The van der Waals surface area contributed by atoms with Crippen LogP contribution < -0.4 is 11.1 Å². The van der Waals surface area contributed by atoms with Gasteiger partial charge in [0.15, 0.2) is 0 Å². The zero-order valence-corrected chi connectivity index (χ0v) is 15.7. The summed E-state index contributed by atoms with van der Waals surface area (Å²) in [5, 5.41) is 3.55. The van der Waals surface area contributed by atoms with Crippen LogP contribution in [0.25, 0.3) is 0 Å². The van der Waals surface area contributed by atoms with Gasteiger partial charge in [0.1, 0.15) is 0 Å². The van der Waals surface area contributed by atoms with Crippen molar-refractivity contribution in [2.75, 3.05) is 13.1 Å². The summed E-state index contributed by atoms with van der Waals surface area (Å²) in [6.07, 6.45) is 8.94. The van der Waals surface area contributed by atoms with Crippen LogP contribution in [-0.4, -0.2) is 41.5 Å². The maximum absolute atomic E-state index is 13.0. The van der Waals surface area contributed by atoms with Crippen molar-refractivity contribution in [2.24, 2.45) is 28.9 Å². The van der Waals surface area contributed by atoms with E-state index in [-0.39, 0.29) is 28.9 Å². The second-order valence-electron chi connectivity index (χ2n) is 10.2. The second kappa shape index (κ2) is 5.70. The van der Waals surface area contributed by atoms with Gasteiger partial charge in [0.05, 0.1) is 6.04 Å². The van der Waals surface area contributed by atoms with E-state index in [0.29, 0.717) is 0 Å². The van der Waals surface area contributed by atoms with Crippen LogP contribution in [0.3, 0.4) is 0 Å². The van der Waals surface area contributed by atoms with E-state index < -0.39 is 0 Å². The summed E-state index contributed by atoms with van der Waals surface area (Å²) >= 11 is 0. The number of carbonyl (C=O) groups is 1. The molecule has 4 aliphatic carbocycles. The molecule has 0 aromatic rings. The summed E-state index contributed by atoms with van der Waals surface area (Å²) in [6.45, 7) is 8.41. The minimum atomic E-state index is -0.0372. The largest absolute Gasteiger partial charge is 0.349 e. The van der Waals surface area contributed by atoms with Crippen molar-refractivity contribution in [1.82, 2.24) is 10.2 Å². The monoisotopic (exact) mass is 333 g/mol. The topological polar surface area (TPSA) is 58.4 Å². The molecule has 0 aromatic heterocycles. The Kier molecular flexibility index (Phi) is 4.00. The first-order valence-electron chi connectivity index (χ1n) is 10.1. The number of nitrogens with two attached hydrogens (primary N) is 1. The van der Waals surface area contributed by atoms with Crippen molar-refractivity contribution < 1.29 is 4.79 Å². The molecule has 5 rings (SSSR count). The van der Waals surface area contributed by atoms with E-state index in [4.69, 9.17) is 5.73 Å². The molecule has 136 valence electrons. The number of nitrogens with zero attached hydrogens (tertiary/aromatic N) is 1. The van der Waals surface area contributed by atoms with Crippen LogP contribution in [0.5, 0.6) is 0 Å². The molecule has 5 fully saturated rings. The maximum atomic E-state index is 13.0. The van der Waals surface area contributed by atoms with Crippen molar-refractivity contribution in [3.8, 4) is 0 Å². The van der Waals surface area contributed by atoms with Gasteiger partial charge in [-0.05, 0) is 75.0 Å². The molecule has 0 spiro atoms. The third-order valence-corrected chi connectivity index (χ3v) is 7.70. The van der Waals surface area contributed by atoms with Crippen molar-refractivity contribution in [1.29, 1.82) is 0 Å². The quantitative estimate of drug-likeness (QED) is 0.834. The van der Waals surface area contributed by atoms with Crippen molar-refractivity contribution >= 4 is 5.91 Å². The molecular weight excluding hydrogens is 298 g/mol. The standard InChI is InChI=1S/C20H35N3O/c1-13(23-5-4-17(21)19(2,3)12-23)18(24)22-20-9-14-6-15(10-20)8-16(7-14)11-20/h13-17H,4-12,21H2,1-3H3,(H,22,24). The molecule has 1 aliphatic heterocycles. The van der Waals surface area contributed by atoms with Gasteiger partial charge in [0.2, 0.25) is 5.91 Å². The van der Waals surface area contributed by atoms with E-state index in [9.17, 15) is 4.79 Å². The van der Waals surface area contributed by atoms with E-state index in [1.807, 2.05) is 0 Å². The van der Waals surface area contributed by atoms with Crippen LogP contribution in [0.4, 0.5) is 0 Å². The summed E-state index contributed by atoms with van der Waals surface area (Å²) < 4.78 is 0. The third-order valence-electron chi connectivity index (χ3n) is 7.70. The first-order chi connectivity index (χ1) is 11.3. The Balaban J connectivity index is 1.41. The van der Waals surface area contributed by atoms with Gasteiger partial charge in [-0.2, -0.15) is 0 Å². The Bertz CT molecular complexity index is 480. The van der Waals surface area contributed by atoms with Gasteiger partial charge in [-0.1, -0.05) is 13.8 Å². The van der Waals surface area contributed by atoms with Crippen LogP contribution in [-0.2, 0) is 4.79 Å². The number of nitrogens with one attached hydrogen (secondary N) is 1. The Morgan fingerprint density at radius 2 is 1.67 bits per heavy atom. The number of rotatable bonds is 3. The molecule has 1 heterocycles. The van der Waals surface area contributed by atoms with Gasteiger partial charge in [-0.3, -0.25) is 9.69 Å². The minimum Gasteiger partial charge on any atom is -0.349 e. The molecule has 5 aliphatic rings. The Hall–Kier alpha value is -0.610. The summed E-state index contributed by atoms with van der Waals surface area (Å²) in [5.41, 5.74) is 6.48. The fraction of sp³-hybridized carbons (Fsp3) is 0.950. The predicted octanol–water partition coefficient (Wildman–Crippen LogP) is 2.52. The maximum Gasteiger partial charge on any atom is 0.237 e. The number of hydrogen-bond acceptors (Lipinski definition) is 3. The lowest BCUT2D eigenvalue weighted by molar-refractivity contribution is -0.133. The minimum absolute atomic E-state index is 0.0372. The number of likely N-dealkylation sites (tertiary alicyclic amines) is 1. The number of carbonyl (C=O) groups excluding carboxylic acids is 1. The van der Waals surface area contributed by atoms with E-state index in [0.717, 1.165) is 37.3 Å². The average Bonchev–Trinajstić information content (AvgIpc) is 2.47. The molecule has 0 aromatic carbocycles. The lowest BCUT2D eigenvalue weighted by Gasteiger charge is -2.57. The number of piperidine rings is 1. The average molecular weight is 334 g/mol. The van der Waals surface area contributed by atoms with E-state index in [1.54, 1.807) is 0 Å². The number of amides is 1. The highest BCUT2D eigenvalue weighted by Gasteiger charge is 2.52. The van der Waals surface area contributed by atoms with Crippen LogP contribution in [0.15, 0.2) is 0 Å². The Labute approximate surface area is 146 Å². The van der Waals surface area contributed by atoms with Crippen molar-refractivity contribution in [3.63, 3.8) is 0 Å². The molecular formula is C20H35N3O. The zero-order valence-electron chi connectivity index (χ0n) is 15.7. The van der Waals surface area contributed by atoms with Gasteiger partial charge in [-0.25, -0.2) is 0 Å². The predicted molar refractivity (Wildman–Crippen MR) is 96.5 cm³/mol. The van der Waals surface area contributed by atoms with Gasteiger partial charge >= 0.3 is 0 Å². The molecule has 4 bridgehead atoms. The molecule has 2 unspecified atom stereocenters. The highest BCUT2D eigenvalue weighted by atomic mass is 16.2. The fourth-order valence-corrected chi connectivity index (χ4v) is 6.54. The van der Waals surface area contributed by atoms with Gasteiger partial charge in [-0.15, -0.1) is 0 Å². The van der Waals surface area contributed by atoms with Crippen molar-refractivity contribution in [3.05, 3.63) is 0 Å². The van der Waals surface area contributed by atoms with Crippen LogP contribution in [0, 0.1) is 23.2 Å². The lowest BCUT2D eigenvalue weighted by Crippen LogP contribution is -2.63. The molecule has 24 heavy (non-hydrogen) atoms. The van der Waals surface area contributed by atoms with E-state index in [2.05, 4.69) is 31.0 Å². The molecule has 4 saturated carbocycles. The summed E-state index contributed by atoms with van der Waals surface area (Å²) in [6, 6.07) is 0.206. The SMILES string of the molecule is CC(C(=O)NC12CC3CC(CC(C3)C1)C2)N1CCC(N)C(C)(C)C1. The normalized spacial score (nSPS) is 45.2. The van der Waals surface area contributed by atoms with Crippen LogP contribution >= 0.6 is 0 Å². The summed E-state index contributed by atoms with van der Waals surface area (Å²) in [7, 11) is 0. The fourth-order valence-electron chi connectivity index (χ4n) is 6.54. The molecule has 3 N–H and O–H groups in total. The van der Waals surface area contributed by atoms with Gasteiger partial charge < -0.3 is 11.1 Å². The molecule has 1 saturated heterocycles. The Morgan fingerprint density at radius 3 is 2.17 bits per heavy atom. The molecule has 4 heteroatoms. The van der Waals surface area contributed by atoms with Gasteiger partial charge in [0, 0.05) is 24.7 Å². The third kappa shape index (κ3) is 2.90. The first-order valence-corrected chi connectivity index (χ1v) is 10.1. The molecule has 2 atom stereocenters. The van der Waals surface area contributed by atoms with Gasteiger partial charge in [0.25, 0.3) is 0 Å². The highest BCUT2D eigenvalue weighted by molar-refractivity contribution is 5.82. The molecule has 1 amide bonds. The van der Waals surface area contributed by atoms with E-state index in [1.165, 1.54) is 38.5 Å². The highest BCUT2D eigenvalue weighted by Crippen LogP contribution is 2.55. The number of hydrogen-bond donors (Lipinski definition) is 2. The van der Waals surface area contributed by atoms with Crippen LogP contribution in [0.1, 0.15) is 65.7 Å². The van der Waals surface area contributed by atoms with Crippen LogP contribution in [0.2, 0.25) is 0 Å². The zero-order chi connectivity index (χ0) is 17.1. The second-order valence-corrected chi connectivity index (χ2v) is 10.2. The molecule has 4 nitrogen and oxygen atoms in total. The summed E-state index contributed by atoms with van der Waals surface area (Å²) in [5.74, 6) is 2.87. The lowest BCUT2D eigenvalue weighted by atomic mass is 9.53. The molecule has 0 radical (unpaired) electrons. The summed E-state index contributed by atoms with van der Waals surface area (Å²) in [4.78, 5) is 15.4. The van der Waals surface area contributed by atoms with E-state index >= 15 is 0 Å². The first kappa shape index (κ1) is 16.8. The smallest absolute Gasteiger partial charge is 0.237 e. The Morgan fingerprint density at radius 1 is 1.12 bits per heavy atom.